The molecule has 0 saturated carbocycles. The first-order chi connectivity index (χ1) is 12.2. The van der Waals surface area contributed by atoms with E-state index in [9.17, 15) is 16.8 Å². The molecule has 0 amide bonds. The van der Waals surface area contributed by atoms with E-state index in [2.05, 4.69) is 14.4 Å². The van der Waals surface area contributed by atoms with E-state index < -0.39 is 20.0 Å². The minimum absolute atomic E-state index is 0.0372. The molecular formula is C16H17N3O4S3. The maximum atomic E-state index is 12.5. The Bertz CT molecular complexity index is 1150. The molecule has 1 aromatic heterocycles. The van der Waals surface area contributed by atoms with Crippen molar-refractivity contribution in [2.75, 3.05) is 15.7 Å². The highest BCUT2D eigenvalue weighted by atomic mass is 32.2. The van der Waals surface area contributed by atoms with Crippen molar-refractivity contribution in [2.24, 2.45) is 0 Å². The second-order valence-electron chi connectivity index (χ2n) is 5.65. The maximum Gasteiger partial charge on any atom is 0.261 e. The smallest absolute Gasteiger partial charge is 0.261 e. The van der Waals surface area contributed by atoms with Gasteiger partial charge in [-0.1, -0.05) is 6.92 Å². The molecule has 7 nitrogen and oxygen atoms in total. The minimum Gasteiger partial charge on any atom is -0.284 e. The van der Waals surface area contributed by atoms with Gasteiger partial charge >= 0.3 is 0 Å². The average molecular weight is 412 g/mol. The highest BCUT2D eigenvalue weighted by molar-refractivity contribution is 7.92. The first-order valence-corrected chi connectivity index (χ1v) is 11.9. The maximum absolute atomic E-state index is 12.5. The Hall–Kier alpha value is -2.17. The van der Waals surface area contributed by atoms with Crippen LogP contribution in [0.25, 0.3) is 10.2 Å². The zero-order valence-electron chi connectivity index (χ0n) is 14.1. The molecule has 3 rings (SSSR count). The summed E-state index contributed by atoms with van der Waals surface area (Å²) in [7, 11) is -7.20. The van der Waals surface area contributed by atoms with E-state index >= 15 is 0 Å². The lowest BCUT2D eigenvalue weighted by molar-refractivity contribution is 0.601. The van der Waals surface area contributed by atoms with Gasteiger partial charge in [-0.15, -0.1) is 11.3 Å². The van der Waals surface area contributed by atoms with Crippen LogP contribution in [0.15, 0.2) is 47.4 Å². The number of nitrogens with one attached hydrogen (secondary N) is 2. The summed E-state index contributed by atoms with van der Waals surface area (Å²) in [6.45, 7) is 2.02. The van der Waals surface area contributed by atoms with E-state index in [0.717, 1.165) is 27.9 Å². The highest BCUT2D eigenvalue weighted by Gasteiger charge is 2.15. The number of rotatable bonds is 6. The molecule has 0 bridgehead atoms. The van der Waals surface area contributed by atoms with Crippen LogP contribution in [-0.4, -0.2) is 28.1 Å². The van der Waals surface area contributed by atoms with E-state index in [1.165, 1.54) is 35.6 Å². The summed E-state index contributed by atoms with van der Waals surface area (Å²) in [6.07, 6.45) is 1.85. The number of sulfonamides is 2. The van der Waals surface area contributed by atoms with Crippen molar-refractivity contribution in [3.8, 4) is 0 Å². The standard InChI is InChI=1S/C16H17N3O4S3/c1-3-16-17-14-9-6-12(10-15(14)24-16)19-26(22,23)13-7-4-11(5-8-13)18-25(2,20)21/h4-10,18-19H,3H2,1-2H3. The van der Waals surface area contributed by atoms with Crippen molar-refractivity contribution < 1.29 is 16.8 Å². The molecule has 2 aromatic carbocycles. The second-order valence-corrected chi connectivity index (χ2v) is 10.2. The van der Waals surface area contributed by atoms with Gasteiger partial charge in [-0.3, -0.25) is 9.44 Å². The number of fused-ring (bicyclic) bond motifs is 1. The van der Waals surface area contributed by atoms with Crippen molar-refractivity contribution in [2.45, 2.75) is 18.2 Å². The quantitative estimate of drug-likeness (QED) is 0.649. The van der Waals surface area contributed by atoms with Gasteiger partial charge in [0.1, 0.15) is 0 Å². The van der Waals surface area contributed by atoms with Gasteiger partial charge in [0.05, 0.1) is 32.1 Å². The summed E-state index contributed by atoms with van der Waals surface area (Å²) in [5.41, 5.74) is 1.58. The normalized spacial score (nSPS) is 12.2. The molecule has 0 saturated heterocycles. The molecule has 0 spiro atoms. The molecule has 0 aliphatic rings. The summed E-state index contributed by atoms with van der Waals surface area (Å²) in [4.78, 5) is 4.49. The molecule has 2 N–H and O–H groups in total. The predicted octanol–water partition coefficient (Wildman–Crippen LogP) is 3.03. The number of nitrogens with zero attached hydrogens (tertiary/aromatic N) is 1. The number of anilines is 2. The molecule has 10 heteroatoms. The molecule has 0 unspecified atom stereocenters. The summed E-state index contributed by atoms with van der Waals surface area (Å²) in [6, 6.07) is 10.7. The van der Waals surface area contributed by atoms with Gasteiger partial charge in [0.15, 0.2) is 0 Å². The topological polar surface area (TPSA) is 105 Å². The number of aromatic nitrogens is 1. The second kappa shape index (κ2) is 6.86. The Labute approximate surface area is 156 Å². The van der Waals surface area contributed by atoms with Crippen molar-refractivity contribution in [1.82, 2.24) is 4.98 Å². The Kier molecular flexibility index (Phi) is 4.91. The van der Waals surface area contributed by atoms with Crippen LogP contribution >= 0.6 is 11.3 Å². The predicted molar refractivity (Wildman–Crippen MR) is 105 cm³/mol. The molecular weight excluding hydrogens is 394 g/mol. The SMILES string of the molecule is CCc1nc2ccc(NS(=O)(=O)c3ccc(NS(C)(=O)=O)cc3)cc2s1. The van der Waals surface area contributed by atoms with Crippen molar-refractivity contribution in [3.63, 3.8) is 0 Å². The summed E-state index contributed by atoms with van der Waals surface area (Å²) < 4.78 is 53.2. The number of hydrogen-bond acceptors (Lipinski definition) is 6. The summed E-state index contributed by atoms with van der Waals surface area (Å²) in [5, 5.41) is 0.994. The van der Waals surface area contributed by atoms with Gasteiger partial charge in [-0.25, -0.2) is 21.8 Å². The van der Waals surface area contributed by atoms with Crippen LogP contribution in [0.5, 0.6) is 0 Å². The third-order valence-electron chi connectivity index (χ3n) is 3.46. The Morgan fingerprint density at radius 3 is 2.23 bits per heavy atom. The van der Waals surface area contributed by atoms with Crippen LogP contribution in [0.2, 0.25) is 0 Å². The van der Waals surface area contributed by atoms with E-state index in [1.807, 2.05) is 6.92 Å². The van der Waals surface area contributed by atoms with Gasteiger partial charge < -0.3 is 0 Å². The van der Waals surface area contributed by atoms with Crippen LogP contribution < -0.4 is 9.44 Å². The fourth-order valence-electron chi connectivity index (χ4n) is 2.32. The zero-order chi connectivity index (χ0) is 18.9. The molecule has 0 aliphatic carbocycles. The third kappa shape index (κ3) is 4.32. The number of thiazole rings is 1. The third-order valence-corrected chi connectivity index (χ3v) is 6.62. The number of aryl methyl sites for hydroxylation is 1. The van der Waals surface area contributed by atoms with E-state index in [-0.39, 0.29) is 4.90 Å². The van der Waals surface area contributed by atoms with Crippen LogP contribution in [0, 0.1) is 0 Å². The minimum atomic E-state index is -3.78. The summed E-state index contributed by atoms with van der Waals surface area (Å²) >= 11 is 1.53. The molecule has 1 heterocycles. The monoisotopic (exact) mass is 411 g/mol. The molecule has 3 aromatic rings. The molecule has 0 aliphatic heterocycles. The Morgan fingerprint density at radius 1 is 0.962 bits per heavy atom. The van der Waals surface area contributed by atoms with E-state index in [1.54, 1.807) is 18.2 Å². The molecule has 0 radical (unpaired) electrons. The van der Waals surface area contributed by atoms with Crippen molar-refractivity contribution in [1.29, 1.82) is 0 Å². The molecule has 0 fully saturated rings. The van der Waals surface area contributed by atoms with Crippen molar-refractivity contribution in [3.05, 3.63) is 47.5 Å². The first kappa shape index (κ1) is 18.6. The lowest BCUT2D eigenvalue weighted by Gasteiger charge is -2.09. The summed E-state index contributed by atoms with van der Waals surface area (Å²) in [5.74, 6) is 0. The van der Waals surface area contributed by atoms with E-state index in [4.69, 9.17) is 0 Å². The number of hydrogen-bond donors (Lipinski definition) is 2. The van der Waals surface area contributed by atoms with Gasteiger partial charge in [0, 0.05) is 5.69 Å². The van der Waals surface area contributed by atoms with Gasteiger partial charge in [0.2, 0.25) is 10.0 Å². The highest BCUT2D eigenvalue weighted by Crippen LogP contribution is 2.27. The van der Waals surface area contributed by atoms with Gasteiger partial charge in [-0.05, 0) is 48.9 Å². The van der Waals surface area contributed by atoms with Gasteiger partial charge in [0.25, 0.3) is 10.0 Å². The molecule has 0 atom stereocenters. The first-order valence-electron chi connectivity index (χ1n) is 7.66. The fraction of sp³-hybridized carbons (Fsp3) is 0.188. The van der Waals surface area contributed by atoms with Crippen LogP contribution in [0.1, 0.15) is 11.9 Å². The molecule has 26 heavy (non-hydrogen) atoms. The Morgan fingerprint density at radius 2 is 1.62 bits per heavy atom. The lowest BCUT2D eigenvalue weighted by Crippen LogP contribution is -2.13. The fourth-order valence-corrected chi connectivity index (χ4v) is 4.88. The zero-order valence-corrected chi connectivity index (χ0v) is 16.5. The average Bonchev–Trinajstić information content (AvgIpc) is 2.96. The van der Waals surface area contributed by atoms with Crippen LogP contribution in [0.4, 0.5) is 11.4 Å². The largest absolute Gasteiger partial charge is 0.284 e. The van der Waals surface area contributed by atoms with Crippen LogP contribution in [-0.2, 0) is 26.5 Å². The van der Waals surface area contributed by atoms with Crippen LogP contribution in [0.3, 0.4) is 0 Å². The molecule has 138 valence electrons. The Balaban J connectivity index is 1.84. The number of benzene rings is 2. The van der Waals surface area contributed by atoms with E-state index in [0.29, 0.717) is 11.4 Å². The van der Waals surface area contributed by atoms with Gasteiger partial charge in [-0.2, -0.15) is 0 Å². The van der Waals surface area contributed by atoms with Crippen molar-refractivity contribution >= 4 is 53.0 Å². The lowest BCUT2D eigenvalue weighted by atomic mass is 10.3.